The fourth-order valence-electron chi connectivity index (χ4n) is 3.73. The minimum Gasteiger partial charge on any atom is -0.302 e. The highest BCUT2D eigenvalue weighted by Gasteiger charge is 2.33. The summed E-state index contributed by atoms with van der Waals surface area (Å²) in [5.41, 5.74) is 4.04. The lowest BCUT2D eigenvalue weighted by atomic mass is 10.1. The molecule has 0 bridgehead atoms. The van der Waals surface area contributed by atoms with Crippen molar-refractivity contribution < 1.29 is 4.79 Å². The van der Waals surface area contributed by atoms with Crippen molar-refractivity contribution in [1.82, 2.24) is 0 Å². The summed E-state index contributed by atoms with van der Waals surface area (Å²) in [6.07, 6.45) is 0. The van der Waals surface area contributed by atoms with Gasteiger partial charge < -0.3 is 4.90 Å². The lowest BCUT2D eigenvalue weighted by Crippen LogP contribution is -2.29. The Kier molecular flexibility index (Phi) is 4.38. The summed E-state index contributed by atoms with van der Waals surface area (Å²) in [4.78, 5) is 19.9. The van der Waals surface area contributed by atoms with E-state index in [-0.39, 0.29) is 5.91 Å². The van der Waals surface area contributed by atoms with Crippen LogP contribution in [-0.2, 0) is 11.3 Å². The first kappa shape index (κ1) is 17.7. The topological polar surface area (TPSA) is 32.7 Å². The highest BCUT2D eigenvalue weighted by atomic mass is 35.5. The zero-order valence-electron chi connectivity index (χ0n) is 15.5. The summed E-state index contributed by atoms with van der Waals surface area (Å²) >= 11 is 6.00. The van der Waals surface area contributed by atoms with Gasteiger partial charge in [-0.05, 0) is 35.2 Å². The van der Waals surface area contributed by atoms with E-state index in [4.69, 9.17) is 16.6 Å². The molecule has 0 atom stereocenters. The number of amides is 1. The first-order valence-corrected chi connectivity index (χ1v) is 9.81. The van der Waals surface area contributed by atoms with Crippen LogP contribution in [0.5, 0.6) is 0 Å². The molecule has 0 unspecified atom stereocenters. The van der Waals surface area contributed by atoms with E-state index in [9.17, 15) is 4.79 Å². The summed E-state index contributed by atoms with van der Waals surface area (Å²) in [6.45, 7) is 0.474. The van der Waals surface area contributed by atoms with Crippen LogP contribution in [0.25, 0.3) is 10.8 Å². The molecule has 0 saturated heterocycles. The fourth-order valence-corrected chi connectivity index (χ4v) is 3.85. The molecule has 4 aromatic rings. The van der Waals surface area contributed by atoms with E-state index in [0.29, 0.717) is 17.3 Å². The molecule has 0 aromatic heterocycles. The SMILES string of the molecule is O=C1C(=Nc2cccc3ccccc23)c2ccccc2N1Cc1ccc(Cl)cc1. The normalized spacial score (nSPS) is 14.6. The van der Waals surface area contributed by atoms with E-state index >= 15 is 0 Å². The molecular formula is C25H17ClN2O. The standard InChI is InChI=1S/C25H17ClN2O/c26-19-14-12-17(13-15-19)16-28-23-11-4-3-9-21(23)24(25(28)29)27-22-10-5-7-18-6-1-2-8-20(18)22/h1-15H,16H2. The van der Waals surface area contributed by atoms with Crippen molar-refractivity contribution in [3.63, 3.8) is 0 Å². The molecule has 4 heteroatoms. The average molecular weight is 397 g/mol. The van der Waals surface area contributed by atoms with Crippen molar-refractivity contribution in [2.75, 3.05) is 4.90 Å². The summed E-state index contributed by atoms with van der Waals surface area (Å²) in [5.74, 6) is -0.0888. The van der Waals surface area contributed by atoms with Gasteiger partial charge in [-0.25, -0.2) is 4.99 Å². The maximum atomic E-state index is 13.3. The second kappa shape index (κ2) is 7.19. The number of aliphatic imine (C=N–C) groups is 1. The van der Waals surface area contributed by atoms with Crippen molar-refractivity contribution in [2.24, 2.45) is 4.99 Å². The number of benzene rings is 4. The fraction of sp³-hybridized carbons (Fsp3) is 0.0400. The Hall–Kier alpha value is -3.43. The van der Waals surface area contributed by atoms with Gasteiger partial charge in [-0.15, -0.1) is 0 Å². The van der Waals surface area contributed by atoms with E-state index < -0.39 is 0 Å². The largest absolute Gasteiger partial charge is 0.302 e. The summed E-state index contributed by atoms with van der Waals surface area (Å²) in [6, 6.07) is 29.4. The van der Waals surface area contributed by atoms with Gasteiger partial charge in [0.2, 0.25) is 0 Å². The Balaban J connectivity index is 1.60. The molecule has 140 valence electrons. The van der Waals surface area contributed by atoms with E-state index in [0.717, 1.165) is 33.3 Å². The number of hydrogen-bond acceptors (Lipinski definition) is 2. The Morgan fingerprint density at radius 3 is 2.38 bits per heavy atom. The highest BCUT2D eigenvalue weighted by Crippen LogP contribution is 2.34. The monoisotopic (exact) mass is 396 g/mol. The first-order valence-electron chi connectivity index (χ1n) is 9.43. The van der Waals surface area contributed by atoms with Crippen LogP contribution >= 0.6 is 11.6 Å². The highest BCUT2D eigenvalue weighted by molar-refractivity contribution is 6.54. The number of anilines is 1. The van der Waals surface area contributed by atoms with Gasteiger partial charge in [-0.1, -0.05) is 78.3 Å². The smallest absolute Gasteiger partial charge is 0.277 e. The van der Waals surface area contributed by atoms with Gasteiger partial charge in [0.05, 0.1) is 17.9 Å². The number of carbonyl (C=O) groups excluding carboxylic acids is 1. The van der Waals surface area contributed by atoms with Gasteiger partial charge in [0.15, 0.2) is 0 Å². The Morgan fingerprint density at radius 2 is 1.52 bits per heavy atom. The third-order valence-electron chi connectivity index (χ3n) is 5.15. The van der Waals surface area contributed by atoms with Crippen molar-refractivity contribution >= 4 is 45.4 Å². The van der Waals surface area contributed by atoms with Crippen molar-refractivity contribution in [3.8, 4) is 0 Å². The van der Waals surface area contributed by atoms with Crippen LogP contribution in [0.2, 0.25) is 5.02 Å². The third kappa shape index (κ3) is 3.20. The number of rotatable bonds is 3. The molecule has 29 heavy (non-hydrogen) atoms. The van der Waals surface area contributed by atoms with E-state index in [1.165, 1.54) is 0 Å². The summed E-state index contributed by atoms with van der Waals surface area (Å²) in [7, 11) is 0. The van der Waals surface area contributed by atoms with Gasteiger partial charge in [-0.2, -0.15) is 0 Å². The van der Waals surface area contributed by atoms with Gasteiger partial charge in [0.1, 0.15) is 5.71 Å². The number of nitrogens with zero attached hydrogens (tertiary/aromatic N) is 2. The predicted molar refractivity (Wildman–Crippen MR) is 119 cm³/mol. The molecule has 4 aromatic carbocycles. The lowest BCUT2D eigenvalue weighted by molar-refractivity contribution is -0.112. The number of fused-ring (bicyclic) bond motifs is 2. The quantitative estimate of drug-likeness (QED) is 0.408. The van der Waals surface area contributed by atoms with Gasteiger partial charge in [0.25, 0.3) is 5.91 Å². The van der Waals surface area contributed by atoms with Gasteiger partial charge >= 0.3 is 0 Å². The van der Waals surface area contributed by atoms with E-state index in [1.807, 2.05) is 78.9 Å². The zero-order valence-corrected chi connectivity index (χ0v) is 16.3. The summed E-state index contributed by atoms with van der Waals surface area (Å²) in [5, 5.41) is 2.81. The second-order valence-electron chi connectivity index (χ2n) is 6.99. The molecule has 0 radical (unpaired) electrons. The van der Waals surface area contributed by atoms with Crippen LogP contribution in [0.3, 0.4) is 0 Å². The minimum absolute atomic E-state index is 0.0888. The molecule has 0 fully saturated rings. The molecule has 1 aliphatic rings. The lowest BCUT2D eigenvalue weighted by Gasteiger charge is -2.17. The Labute approximate surface area is 173 Å². The third-order valence-corrected chi connectivity index (χ3v) is 5.40. The molecule has 0 N–H and O–H groups in total. The Bertz CT molecular complexity index is 1260. The molecule has 3 nitrogen and oxygen atoms in total. The molecule has 5 rings (SSSR count). The minimum atomic E-state index is -0.0888. The van der Waals surface area contributed by atoms with Crippen molar-refractivity contribution in [3.05, 3.63) is 107 Å². The van der Waals surface area contributed by atoms with Crippen molar-refractivity contribution in [1.29, 1.82) is 0 Å². The molecule has 0 aliphatic carbocycles. The van der Waals surface area contributed by atoms with Crippen LogP contribution < -0.4 is 4.90 Å². The number of carbonyl (C=O) groups is 1. The maximum Gasteiger partial charge on any atom is 0.277 e. The predicted octanol–water partition coefficient (Wildman–Crippen LogP) is 6.16. The van der Waals surface area contributed by atoms with E-state index in [1.54, 1.807) is 4.90 Å². The molecule has 0 saturated carbocycles. The molecule has 1 aliphatic heterocycles. The number of hydrogen-bond donors (Lipinski definition) is 0. The maximum absolute atomic E-state index is 13.3. The zero-order chi connectivity index (χ0) is 19.8. The summed E-state index contributed by atoms with van der Waals surface area (Å²) < 4.78 is 0. The van der Waals surface area contributed by atoms with Crippen LogP contribution in [0.4, 0.5) is 11.4 Å². The molecule has 0 spiro atoms. The van der Waals surface area contributed by atoms with Crippen molar-refractivity contribution in [2.45, 2.75) is 6.54 Å². The van der Waals surface area contributed by atoms with Gasteiger partial charge in [0, 0.05) is 16.0 Å². The van der Waals surface area contributed by atoms with Crippen LogP contribution in [0, 0.1) is 0 Å². The van der Waals surface area contributed by atoms with E-state index in [2.05, 4.69) is 12.1 Å². The number of halogens is 1. The molecule has 1 amide bonds. The first-order chi connectivity index (χ1) is 14.2. The van der Waals surface area contributed by atoms with Gasteiger partial charge in [-0.3, -0.25) is 4.79 Å². The molecule has 1 heterocycles. The Morgan fingerprint density at radius 1 is 0.793 bits per heavy atom. The number of para-hydroxylation sites is 1. The van der Waals surface area contributed by atoms with Crippen LogP contribution in [0.15, 0.2) is 96.0 Å². The molecular weight excluding hydrogens is 380 g/mol. The van der Waals surface area contributed by atoms with Crippen LogP contribution in [0.1, 0.15) is 11.1 Å². The average Bonchev–Trinajstić information content (AvgIpc) is 3.01. The van der Waals surface area contributed by atoms with Crippen LogP contribution in [-0.4, -0.2) is 11.6 Å². The second-order valence-corrected chi connectivity index (χ2v) is 7.43.